The lowest BCUT2D eigenvalue weighted by molar-refractivity contribution is -0.117. The third-order valence-electron chi connectivity index (χ3n) is 5.08. The number of anilines is 1. The fourth-order valence-electron chi connectivity index (χ4n) is 3.67. The van der Waals surface area contributed by atoms with E-state index in [1.807, 2.05) is 6.07 Å². The molecule has 0 aliphatic carbocycles. The van der Waals surface area contributed by atoms with Gasteiger partial charge in [0, 0.05) is 36.3 Å². The molecule has 0 N–H and O–H groups in total. The molecule has 2 amide bonds. The number of nitrogens with zero attached hydrogens (tertiary/aromatic N) is 2. The van der Waals surface area contributed by atoms with Gasteiger partial charge in [0.1, 0.15) is 11.9 Å². The van der Waals surface area contributed by atoms with E-state index < -0.39 is 6.10 Å². The van der Waals surface area contributed by atoms with E-state index in [2.05, 4.69) is 0 Å². The molecule has 1 atom stereocenters. The summed E-state index contributed by atoms with van der Waals surface area (Å²) in [6, 6.07) is 13.6. The van der Waals surface area contributed by atoms with E-state index in [0.29, 0.717) is 43.8 Å². The number of hydrogen-bond acceptors (Lipinski definition) is 3. The van der Waals surface area contributed by atoms with E-state index in [0.717, 1.165) is 12.1 Å². The average molecular weight is 368 g/mol. The Kier molecular flexibility index (Phi) is 4.90. The van der Waals surface area contributed by atoms with Gasteiger partial charge in [-0.25, -0.2) is 4.39 Å². The molecular formula is C21H21FN2O3. The molecule has 27 heavy (non-hydrogen) atoms. The lowest BCUT2D eigenvalue weighted by Crippen LogP contribution is -2.42. The Bertz CT molecular complexity index is 870. The predicted octanol–water partition coefficient (Wildman–Crippen LogP) is 3.17. The number of carbonyl (C=O) groups is 2. The van der Waals surface area contributed by atoms with Crippen molar-refractivity contribution in [3.8, 4) is 0 Å². The molecule has 2 aromatic carbocycles. The average Bonchev–Trinajstić information content (AvgIpc) is 3.14. The number of benzene rings is 2. The smallest absolute Gasteiger partial charge is 0.254 e. The predicted molar refractivity (Wildman–Crippen MR) is 99.0 cm³/mol. The summed E-state index contributed by atoms with van der Waals surface area (Å²) in [7, 11) is 0. The maximum Gasteiger partial charge on any atom is 0.254 e. The maximum atomic E-state index is 14.1. The van der Waals surface area contributed by atoms with Gasteiger partial charge in [-0.2, -0.15) is 0 Å². The summed E-state index contributed by atoms with van der Waals surface area (Å²) in [6.45, 7) is 1.79. The van der Waals surface area contributed by atoms with Gasteiger partial charge in [0.25, 0.3) is 5.91 Å². The van der Waals surface area contributed by atoms with Crippen LogP contribution in [-0.2, 0) is 9.53 Å². The van der Waals surface area contributed by atoms with Crippen LogP contribution in [0.25, 0.3) is 0 Å². The first-order valence-electron chi connectivity index (χ1n) is 9.19. The van der Waals surface area contributed by atoms with Gasteiger partial charge in [0.05, 0.1) is 13.2 Å². The van der Waals surface area contributed by atoms with Crippen molar-refractivity contribution in [2.75, 3.05) is 31.1 Å². The van der Waals surface area contributed by atoms with Crippen LogP contribution < -0.4 is 4.90 Å². The number of halogens is 1. The van der Waals surface area contributed by atoms with Gasteiger partial charge in [-0.05, 0) is 30.7 Å². The zero-order chi connectivity index (χ0) is 18.8. The molecular weight excluding hydrogens is 347 g/mol. The molecule has 140 valence electrons. The normalized spacial score (nSPS) is 20.2. The number of carbonyl (C=O) groups excluding carboxylic acids is 2. The molecule has 0 saturated carbocycles. The first kappa shape index (κ1) is 17.7. The molecule has 2 heterocycles. The van der Waals surface area contributed by atoms with Crippen molar-refractivity contribution in [1.29, 1.82) is 0 Å². The quantitative estimate of drug-likeness (QED) is 0.836. The lowest BCUT2D eigenvalue weighted by atomic mass is 10.1. The summed E-state index contributed by atoms with van der Waals surface area (Å²) >= 11 is 0. The summed E-state index contributed by atoms with van der Waals surface area (Å²) in [5.41, 5.74) is 1.75. The third-order valence-corrected chi connectivity index (χ3v) is 5.08. The Hall–Kier alpha value is -2.73. The summed E-state index contributed by atoms with van der Waals surface area (Å²) in [5, 5.41) is 0. The van der Waals surface area contributed by atoms with Gasteiger partial charge in [-0.3, -0.25) is 9.59 Å². The Labute approximate surface area is 157 Å². The van der Waals surface area contributed by atoms with E-state index in [-0.39, 0.29) is 17.6 Å². The molecule has 4 rings (SSSR count). The second-order valence-electron chi connectivity index (χ2n) is 6.83. The molecule has 2 aliphatic heterocycles. The Morgan fingerprint density at radius 3 is 2.74 bits per heavy atom. The first-order chi connectivity index (χ1) is 13.1. The number of amides is 2. The van der Waals surface area contributed by atoms with Crippen LogP contribution in [0.15, 0.2) is 48.5 Å². The van der Waals surface area contributed by atoms with Crippen LogP contribution >= 0.6 is 0 Å². The molecule has 0 radical (unpaired) electrons. The standard InChI is InChI=1S/C21H21FN2O3/c22-18-8-2-1-7-17(18)19-14-23(11-12-27-19)21(26)15-5-3-6-16(13-15)24-10-4-9-20(24)25/h1-3,5-8,13,19H,4,9-12,14H2. The van der Waals surface area contributed by atoms with Gasteiger partial charge in [0.15, 0.2) is 0 Å². The molecule has 6 heteroatoms. The highest BCUT2D eigenvalue weighted by molar-refractivity contribution is 5.99. The van der Waals surface area contributed by atoms with E-state index in [4.69, 9.17) is 4.74 Å². The van der Waals surface area contributed by atoms with Crippen LogP contribution in [0.1, 0.15) is 34.9 Å². The van der Waals surface area contributed by atoms with Crippen molar-refractivity contribution in [2.45, 2.75) is 18.9 Å². The number of rotatable bonds is 3. The van der Waals surface area contributed by atoms with Crippen molar-refractivity contribution in [2.24, 2.45) is 0 Å². The van der Waals surface area contributed by atoms with Gasteiger partial charge >= 0.3 is 0 Å². The fourth-order valence-corrected chi connectivity index (χ4v) is 3.67. The second kappa shape index (κ2) is 7.48. The molecule has 2 aromatic rings. The van der Waals surface area contributed by atoms with Crippen molar-refractivity contribution in [3.05, 3.63) is 65.5 Å². The summed E-state index contributed by atoms with van der Waals surface area (Å²) < 4.78 is 19.8. The topological polar surface area (TPSA) is 49.9 Å². The molecule has 0 spiro atoms. The van der Waals surface area contributed by atoms with Gasteiger partial charge in [0.2, 0.25) is 5.91 Å². The fraction of sp³-hybridized carbons (Fsp3) is 0.333. The van der Waals surface area contributed by atoms with E-state index in [9.17, 15) is 14.0 Å². The van der Waals surface area contributed by atoms with Crippen LogP contribution in [0.4, 0.5) is 10.1 Å². The van der Waals surface area contributed by atoms with Crippen LogP contribution in [0.3, 0.4) is 0 Å². The Balaban J connectivity index is 1.52. The van der Waals surface area contributed by atoms with Crippen LogP contribution in [0.5, 0.6) is 0 Å². The first-order valence-corrected chi connectivity index (χ1v) is 9.19. The largest absolute Gasteiger partial charge is 0.370 e. The zero-order valence-electron chi connectivity index (χ0n) is 14.9. The lowest BCUT2D eigenvalue weighted by Gasteiger charge is -2.33. The van der Waals surface area contributed by atoms with E-state index in [1.165, 1.54) is 6.07 Å². The van der Waals surface area contributed by atoms with Gasteiger partial charge < -0.3 is 14.5 Å². The van der Waals surface area contributed by atoms with Crippen LogP contribution in [0, 0.1) is 5.82 Å². The van der Waals surface area contributed by atoms with Crippen LogP contribution in [-0.4, -0.2) is 43.0 Å². The third kappa shape index (κ3) is 3.57. The summed E-state index contributed by atoms with van der Waals surface area (Å²) in [6.07, 6.45) is 0.906. The number of hydrogen-bond donors (Lipinski definition) is 0. The molecule has 1 unspecified atom stereocenters. The van der Waals surface area contributed by atoms with Crippen LogP contribution in [0.2, 0.25) is 0 Å². The molecule has 2 saturated heterocycles. The van der Waals surface area contributed by atoms with E-state index >= 15 is 0 Å². The van der Waals surface area contributed by atoms with Gasteiger partial charge in [-0.1, -0.05) is 24.3 Å². The second-order valence-corrected chi connectivity index (χ2v) is 6.83. The highest BCUT2D eigenvalue weighted by Crippen LogP contribution is 2.27. The zero-order valence-corrected chi connectivity index (χ0v) is 14.9. The molecule has 0 aromatic heterocycles. The van der Waals surface area contributed by atoms with Crippen molar-refractivity contribution in [3.63, 3.8) is 0 Å². The summed E-state index contributed by atoms with van der Waals surface area (Å²) in [5.74, 6) is -0.370. The number of ether oxygens (including phenoxy) is 1. The Morgan fingerprint density at radius 2 is 1.96 bits per heavy atom. The minimum atomic E-state index is -0.479. The Morgan fingerprint density at radius 1 is 1.11 bits per heavy atom. The minimum Gasteiger partial charge on any atom is -0.370 e. The molecule has 0 bridgehead atoms. The van der Waals surface area contributed by atoms with Crippen molar-refractivity contribution in [1.82, 2.24) is 4.90 Å². The van der Waals surface area contributed by atoms with Gasteiger partial charge in [-0.15, -0.1) is 0 Å². The molecule has 2 fully saturated rings. The minimum absolute atomic E-state index is 0.0885. The molecule has 5 nitrogen and oxygen atoms in total. The maximum absolute atomic E-state index is 14.1. The summed E-state index contributed by atoms with van der Waals surface area (Å²) in [4.78, 5) is 28.4. The van der Waals surface area contributed by atoms with E-state index in [1.54, 1.807) is 46.2 Å². The molecule has 2 aliphatic rings. The highest BCUT2D eigenvalue weighted by atomic mass is 19.1. The monoisotopic (exact) mass is 368 g/mol. The number of morpholine rings is 1. The SMILES string of the molecule is O=C(c1cccc(N2CCCC2=O)c1)N1CCOC(c2ccccc2F)C1. The van der Waals surface area contributed by atoms with Crippen molar-refractivity contribution < 1.29 is 18.7 Å². The van der Waals surface area contributed by atoms with Crippen molar-refractivity contribution >= 4 is 17.5 Å². The highest BCUT2D eigenvalue weighted by Gasteiger charge is 2.28.